The Hall–Kier alpha value is -6.48. The van der Waals surface area contributed by atoms with E-state index < -0.39 is 0 Å². The smallest absolute Gasteiger partial charge is 0.0467 e. The van der Waals surface area contributed by atoms with Crippen LogP contribution in [0.1, 0.15) is 0 Å². The zero-order valence-corrected chi connectivity index (χ0v) is 29.2. The molecule has 2 heteroatoms. The van der Waals surface area contributed by atoms with E-state index in [0.717, 1.165) is 17.1 Å². The van der Waals surface area contributed by atoms with Crippen molar-refractivity contribution in [2.75, 3.05) is 4.90 Å². The van der Waals surface area contributed by atoms with Gasteiger partial charge in [0, 0.05) is 37.2 Å². The summed E-state index contributed by atoms with van der Waals surface area (Å²) in [6.45, 7) is 0. The average molecular weight is 680 g/mol. The van der Waals surface area contributed by atoms with E-state index in [-0.39, 0.29) is 0 Å². The highest BCUT2D eigenvalue weighted by atomic mass is 32.1. The molecule has 0 saturated heterocycles. The van der Waals surface area contributed by atoms with E-state index in [1.807, 2.05) is 11.3 Å². The molecule has 0 bridgehead atoms. The molecule has 0 aliphatic heterocycles. The number of fused-ring (bicyclic) bond motifs is 5. The van der Waals surface area contributed by atoms with E-state index in [9.17, 15) is 0 Å². The fraction of sp³-hybridized carbons (Fsp3) is 0. The minimum atomic E-state index is 1.11. The lowest BCUT2D eigenvalue weighted by molar-refractivity contribution is 1.28. The van der Waals surface area contributed by atoms with Gasteiger partial charge in [-0.1, -0.05) is 146 Å². The Balaban J connectivity index is 1.15. The Morgan fingerprint density at radius 1 is 0.288 bits per heavy atom. The zero-order valence-electron chi connectivity index (χ0n) is 28.4. The van der Waals surface area contributed by atoms with Crippen molar-refractivity contribution in [2.24, 2.45) is 0 Å². The van der Waals surface area contributed by atoms with Gasteiger partial charge in [0.15, 0.2) is 0 Å². The van der Waals surface area contributed by atoms with Gasteiger partial charge >= 0.3 is 0 Å². The largest absolute Gasteiger partial charge is 0.310 e. The third-order valence-corrected chi connectivity index (χ3v) is 11.4. The average Bonchev–Trinajstić information content (AvgIpc) is 3.59. The Labute approximate surface area is 307 Å². The van der Waals surface area contributed by atoms with Crippen LogP contribution in [0.3, 0.4) is 0 Å². The van der Waals surface area contributed by atoms with E-state index in [1.165, 1.54) is 75.1 Å². The van der Waals surface area contributed by atoms with Crippen molar-refractivity contribution in [1.29, 1.82) is 0 Å². The number of hydrogen-bond acceptors (Lipinski definition) is 2. The van der Waals surface area contributed by atoms with E-state index in [4.69, 9.17) is 0 Å². The second-order valence-corrected chi connectivity index (χ2v) is 14.4. The van der Waals surface area contributed by atoms with Crippen LogP contribution in [0.25, 0.3) is 75.1 Å². The van der Waals surface area contributed by atoms with Gasteiger partial charge in [-0.05, 0) is 110 Å². The predicted molar refractivity (Wildman–Crippen MR) is 225 cm³/mol. The molecule has 0 saturated carbocycles. The van der Waals surface area contributed by atoms with Crippen molar-refractivity contribution < 1.29 is 0 Å². The number of nitrogens with zero attached hydrogens (tertiary/aromatic N) is 1. The maximum absolute atomic E-state index is 2.41. The van der Waals surface area contributed by atoms with Gasteiger partial charge < -0.3 is 4.90 Å². The molecule has 0 spiro atoms. The molecule has 0 aliphatic carbocycles. The lowest BCUT2D eigenvalue weighted by Gasteiger charge is -2.27. The Bertz CT molecular complexity index is 2800. The third kappa shape index (κ3) is 5.33. The van der Waals surface area contributed by atoms with Gasteiger partial charge in [0.2, 0.25) is 0 Å². The van der Waals surface area contributed by atoms with E-state index in [2.05, 4.69) is 205 Å². The van der Waals surface area contributed by atoms with Gasteiger partial charge in [0.05, 0.1) is 0 Å². The molecular formula is C50H33NS. The summed E-state index contributed by atoms with van der Waals surface area (Å²) in [4.78, 5) is 2.41. The molecule has 0 aliphatic rings. The molecule has 0 radical (unpaired) electrons. The fourth-order valence-electron chi connectivity index (χ4n) is 7.76. The molecule has 0 amide bonds. The van der Waals surface area contributed by atoms with Gasteiger partial charge in [-0.3, -0.25) is 0 Å². The lowest BCUT2D eigenvalue weighted by Crippen LogP contribution is -2.10. The molecule has 0 unspecified atom stereocenters. The van der Waals surface area contributed by atoms with E-state index in [0.29, 0.717) is 0 Å². The van der Waals surface area contributed by atoms with E-state index in [1.54, 1.807) is 0 Å². The van der Waals surface area contributed by atoms with Gasteiger partial charge in [-0.15, -0.1) is 11.3 Å². The first-order chi connectivity index (χ1) is 25.8. The topological polar surface area (TPSA) is 3.24 Å². The Morgan fingerprint density at radius 2 is 0.731 bits per heavy atom. The normalized spacial score (nSPS) is 11.5. The van der Waals surface area contributed by atoms with Crippen LogP contribution < -0.4 is 4.90 Å². The molecule has 10 aromatic rings. The SMILES string of the molecule is c1cc(-c2ccc3sc4ccccc4c3c2)cc(N(c2cccc(-c3cccc4ccccc34)c2)c2cccc(-c3cccc4ccccc34)c2)c1. The molecule has 1 heterocycles. The van der Waals surface area contributed by atoms with Gasteiger partial charge in [0.25, 0.3) is 0 Å². The second kappa shape index (κ2) is 12.7. The predicted octanol–water partition coefficient (Wildman–Crippen LogP) is 14.8. The van der Waals surface area contributed by atoms with Crippen LogP contribution in [0.4, 0.5) is 17.1 Å². The highest BCUT2D eigenvalue weighted by Gasteiger charge is 2.17. The first-order valence-electron chi connectivity index (χ1n) is 17.8. The molecule has 244 valence electrons. The van der Waals surface area contributed by atoms with Crippen molar-refractivity contribution in [1.82, 2.24) is 0 Å². The van der Waals surface area contributed by atoms with Gasteiger partial charge in [0.1, 0.15) is 0 Å². The van der Waals surface area contributed by atoms with Crippen LogP contribution in [0, 0.1) is 0 Å². The molecule has 0 N–H and O–H groups in total. The van der Waals surface area contributed by atoms with Crippen molar-refractivity contribution in [3.8, 4) is 33.4 Å². The Kier molecular flexibility index (Phi) is 7.41. The quantitative estimate of drug-likeness (QED) is 0.169. The zero-order chi connectivity index (χ0) is 34.4. The maximum atomic E-state index is 2.41. The fourth-order valence-corrected chi connectivity index (χ4v) is 8.84. The summed E-state index contributed by atoms with van der Waals surface area (Å²) < 4.78 is 2.64. The molecule has 52 heavy (non-hydrogen) atoms. The van der Waals surface area contributed by atoms with Crippen LogP contribution in [-0.4, -0.2) is 0 Å². The number of thiophene rings is 1. The summed E-state index contributed by atoms with van der Waals surface area (Å²) in [7, 11) is 0. The number of hydrogen-bond donors (Lipinski definition) is 0. The Morgan fingerprint density at radius 3 is 1.35 bits per heavy atom. The number of benzene rings is 9. The molecular weight excluding hydrogens is 647 g/mol. The molecule has 0 fully saturated rings. The standard InChI is InChI=1S/C50H33NS/c1-3-22-43-34(12-1)14-10-25-45(43)38-17-8-20-41(31-38)51(42-21-9-18-39(32-42)46-26-11-15-35-13-2-4-23-44(35)46)40-19-7-16-36(30-40)37-28-29-50-48(33-37)47-24-5-6-27-49(47)52-50/h1-33H. The summed E-state index contributed by atoms with van der Waals surface area (Å²) in [5.41, 5.74) is 10.6. The minimum absolute atomic E-state index is 1.11. The van der Waals surface area contributed by atoms with Gasteiger partial charge in [-0.25, -0.2) is 0 Å². The van der Waals surface area contributed by atoms with Crippen LogP contribution in [0.15, 0.2) is 200 Å². The summed E-state index contributed by atoms with van der Waals surface area (Å²) in [5, 5.41) is 7.62. The monoisotopic (exact) mass is 679 g/mol. The number of anilines is 3. The molecule has 9 aromatic carbocycles. The van der Waals surface area contributed by atoms with Crippen LogP contribution in [0.5, 0.6) is 0 Å². The van der Waals surface area contributed by atoms with Crippen molar-refractivity contribution in [3.63, 3.8) is 0 Å². The molecule has 1 nitrogen and oxygen atoms in total. The van der Waals surface area contributed by atoms with Crippen molar-refractivity contribution >= 4 is 70.1 Å². The molecule has 0 atom stereocenters. The highest BCUT2D eigenvalue weighted by molar-refractivity contribution is 7.25. The lowest BCUT2D eigenvalue weighted by atomic mass is 9.96. The second-order valence-electron chi connectivity index (χ2n) is 13.3. The minimum Gasteiger partial charge on any atom is -0.310 e. The summed E-state index contributed by atoms with van der Waals surface area (Å²) >= 11 is 1.86. The van der Waals surface area contributed by atoms with Crippen LogP contribution in [0.2, 0.25) is 0 Å². The van der Waals surface area contributed by atoms with E-state index >= 15 is 0 Å². The molecule has 10 rings (SSSR count). The first-order valence-corrected chi connectivity index (χ1v) is 18.6. The van der Waals surface area contributed by atoms with Crippen LogP contribution in [-0.2, 0) is 0 Å². The van der Waals surface area contributed by atoms with Crippen molar-refractivity contribution in [3.05, 3.63) is 200 Å². The summed E-state index contributed by atoms with van der Waals surface area (Å²) in [6.07, 6.45) is 0. The van der Waals surface area contributed by atoms with Crippen LogP contribution >= 0.6 is 11.3 Å². The van der Waals surface area contributed by atoms with Gasteiger partial charge in [-0.2, -0.15) is 0 Å². The third-order valence-electron chi connectivity index (χ3n) is 10.2. The highest BCUT2D eigenvalue weighted by Crippen LogP contribution is 2.42. The summed E-state index contributed by atoms with van der Waals surface area (Å²) in [5.74, 6) is 0. The molecule has 1 aromatic heterocycles. The maximum Gasteiger partial charge on any atom is 0.0467 e. The summed E-state index contributed by atoms with van der Waals surface area (Å²) in [6, 6.07) is 73.1. The number of rotatable bonds is 6. The first kappa shape index (κ1) is 30.4. The van der Waals surface area contributed by atoms with Crippen molar-refractivity contribution in [2.45, 2.75) is 0 Å².